The molecule has 0 saturated carbocycles. The zero-order valence-electron chi connectivity index (χ0n) is 13.6. The maximum atomic E-state index is 12.6. The number of carbonyl (C=O) groups is 1. The van der Waals surface area contributed by atoms with E-state index < -0.39 is 4.92 Å². The molecule has 2 saturated heterocycles. The molecule has 0 aromatic heterocycles. The lowest BCUT2D eigenvalue weighted by molar-refractivity contribution is -0.384. The molecule has 134 valence electrons. The van der Waals surface area contributed by atoms with Crippen molar-refractivity contribution in [1.82, 2.24) is 4.90 Å². The molecular formula is C17H19ClN2O5. The number of hydrogen-bond donors (Lipinski definition) is 0. The van der Waals surface area contributed by atoms with Crippen LogP contribution in [0.2, 0.25) is 5.02 Å². The number of nitrogens with zero attached hydrogens (tertiary/aromatic N) is 2. The van der Waals surface area contributed by atoms with Gasteiger partial charge < -0.3 is 14.4 Å². The highest BCUT2D eigenvalue weighted by molar-refractivity contribution is 6.32. The molecule has 2 fully saturated rings. The minimum absolute atomic E-state index is 0.0695. The van der Waals surface area contributed by atoms with Crippen LogP contribution in [0.5, 0.6) is 0 Å². The maximum Gasteiger partial charge on any atom is 0.288 e. The summed E-state index contributed by atoms with van der Waals surface area (Å²) in [5.74, 6) is -0.151. The Morgan fingerprint density at radius 2 is 2.08 bits per heavy atom. The van der Waals surface area contributed by atoms with Crippen molar-refractivity contribution in [3.8, 4) is 0 Å². The van der Waals surface area contributed by atoms with Gasteiger partial charge in [0, 0.05) is 18.7 Å². The summed E-state index contributed by atoms with van der Waals surface area (Å²) in [6.07, 6.45) is 5.44. The second-order valence-electron chi connectivity index (χ2n) is 6.01. The Morgan fingerprint density at radius 3 is 2.80 bits per heavy atom. The molecule has 1 amide bonds. The summed E-state index contributed by atoms with van der Waals surface area (Å²) in [7, 11) is 0. The van der Waals surface area contributed by atoms with Gasteiger partial charge in [-0.3, -0.25) is 14.9 Å². The second-order valence-corrected chi connectivity index (χ2v) is 6.41. The van der Waals surface area contributed by atoms with Gasteiger partial charge in [-0.2, -0.15) is 0 Å². The first kappa shape index (κ1) is 17.8. The maximum absolute atomic E-state index is 12.6. The van der Waals surface area contributed by atoms with Crippen molar-refractivity contribution in [2.45, 2.75) is 31.6 Å². The average Bonchev–Trinajstić information content (AvgIpc) is 3.15. The molecule has 1 aromatic rings. The quantitative estimate of drug-likeness (QED) is 0.464. The number of nitro groups is 1. The summed E-state index contributed by atoms with van der Waals surface area (Å²) in [5, 5.41) is 11.0. The highest BCUT2D eigenvalue weighted by Gasteiger charge is 2.35. The Kier molecular flexibility index (Phi) is 5.67. The van der Waals surface area contributed by atoms with Gasteiger partial charge in [0.1, 0.15) is 5.02 Å². The Hall–Kier alpha value is -1.96. The molecule has 2 aliphatic rings. The second kappa shape index (κ2) is 7.95. The molecule has 1 atom stereocenters. The third-order valence-electron chi connectivity index (χ3n) is 4.38. The lowest BCUT2D eigenvalue weighted by Gasteiger charge is -2.37. The third kappa shape index (κ3) is 4.18. The molecule has 0 bridgehead atoms. The molecule has 0 aliphatic carbocycles. The van der Waals surface area contributed by atoms with Crippen LogP contribution >= 0.6 is 11.6 Å². The molecule has 1 unspecified atom stereocenters. The summed E-state index contributed by atoms with van der Waals surface area (Å²) in [6.45, 7) is 1.75. The van der Waals surface area contributed by atoms with Crippen LogP contribution in [0.25, 0.3) is 6.08 Å². The van der Waals surface area contributed by atoms with Gasteiger partial charge in [-0.25, -0.2) is 0 Å². The normalized spacial score (nSPS) is 21.8. The Labute approximate surface area is 150 Å². The van der Waals surface area contributed by atoms with Crippen LogP contribution in [0.3, 0.4) is 0 Å². The fourth-order valence-corrected chi connectivity index (χ4v) is 3.34. The summed E-state index contributed by atoms with van der Waals surface area (Å²) in [5.41, 5.74) is 0.367. The molecule has 0 spiro atoms. The van der Waals surface area contributed by atoms with E-state index in [-0.39, 0.29) is 28.9 Å². The van der Waals surface area contributed by atoms with Gasteiger partial charge in [0.05, 0.1) is 24.2 Å². The van der Waals surface area contributed by atoms with Crippen molar-refractivity contribution in [2.24, 2.45) is 0 Å². The summed E-state index contributed by atoms with van der Waals surface area (Å²) in [6, 6.07) is 4.35. The van der Waals surface area contributed by atoms with Crippen LogP contribution in [-0.2, 0) is 14.3 Å². The van der Waals surface area contributed by atoms with Crippen molar-refractivity contribution in [3.05, 3.63) is 45.0 Å². The van der Waals surface area contributed by atoms with Crippen molar-refractivity contribution < 1.29 is 19.2 Å². The number of likely N-dealkylation sites (tertiary alicyclic amines) is 1. The number of nitro benzene ring substituents is 1. The average molecular weight is 367 g/mol. The van der Waals surface area contributed by atoms with Gasteiger partial charge in [-0.05, 0) is 37.0 Å². The Morgan fingerprint density at radius 1 is 1.32 bits per heavy atom. The van der Waals surface area contributed by atoms with Crippen LogP contribution < -0.4 is 0 Å². The van der Waals surface area contributed by atoms with Crippen molar-refractivity contribution >= 4 is 29.3 Å². The first-order valence-electron chi connectivity index (χ1n) is 8.22. The van der Waals surface area contributed by atoms with Gasteiger partial charge in [0.2, 0.25) is 5.91 Å². The minimum Gasteiger partial charge on any atom is -0.348 e. The number of hydrogen-bond acceptors (Lipinski definition) is 5. The molecule has 2 heterocycles. The predicted molar refractivity (Wildman–Crippen MR) is 92.2 cm³/mol. The number of rotatable bonds is 4. The summed E-state index contributed by atoms with van der Waals surface area (Å²) < 4.78 is 11.1. The monoisotopic (exact) mass is 366 g/mol. The van der Waals surface area contributed by atoms with Crippen LogP contribution in [0, 0.1) is 10.1 Å². The van der Waals surface area contributed by atoms with E-state index in [1.54, 1.807) is 17.0 Å². The van der Waals surface area contributed by atoms with Crippen molar-refractivity contribution in [2.75, 3.05) is 19.8 Å². The number of carbonyl (C=O) groups excluding carboxylic acids is 1. The first-order chi connectivity index (χ1) is 12.1. The van der Waals surface area contributed by atoms with Crippen LogP contribution in [-0.4, -0.2) is 47.8 Å². The smallest absolute Gasteiger partial charge is 0.288 e. The third-order valence-corrected chi connectivity index (χ3v) is 4.70. The van der Waals surface area contributed by atoms with Crippen LogP contribution in [0.15, 0.2) is 24.3 Å². The molecule has 8 heteroatoms. The summed E-state index contributed by atoms with van der Waals surface area (Å²) in [4.78, 5) is 24.8. The molecule has 0 radical (unpaired) electrons. The Bertz CT molecular complexity index is 688. The van der Waals surface area contributed by atoms with E-state index >= 15 is 0 Å². The van der Waals surface area contributed by atoms with Gasteiger partial charge in [-0.1, -0.05) is 17.7 Å². The minimum atomic E-state index is -0.545. The van der Waals surface area contributed by atoms with E-state index in [0.717, 1.165) is 19.3 Å². The fraction of sp³-hybridized carbons (Fsp3) is 0.471. The van der Waals surface area contributed by atoms with Crippen molar-refractivity contribution in [1.29, 1.82) is 0 Å². The van der Waals surface area contributed by atoms with Gasteiger partial charge in [-0.15, -0.1) is 0 Å². The molecule has 3 rings (SSSR count). The number of ether oxygens (including phenoxy) is 2. The molecule has 7 nitrogen and oxygen atoms in total. The van der Waals surface area contributed by atoms with Gasteiger partial charge in [0.25, 0.3) is 5.69 Å². The van der Waals surface area contributed by atoms with E-state index in [4.69, 9.17) is 21.1 Å². The van der Waals surface area contributed by atoms with Gasteiger partial charge >= 0.3 is 0 Å². The SMILES string of the molecule is O=C(/C=C/c1ccc(Cl)c([N+](=O)[O-])c1)N1CCCCC1C1OCCO1. The highest BCUT2D eigenvalue weighted by Crippen LogP contribution is 2.27. The number of benzene rings is 1. The highest BCUT2D eigenvalue weighted by atomic mass is 35.5. The van der Waals surface area contributed by atoms with Crippen molar-refractivity contribution in [3.63, 3.8) is 0 Å². The zero-order chi connectivity index (χ0) is 17.8. The largest absolute Gasteiger partial charge is 0.348 e. The van der Waals surface area contributed by atoms with Crippen LogP contribution in [0.4, 0.5) is 5.69 Å². The van der Waals surface area contributed by atoms with Gasteiger partial charge in [0.15, 0.2) is 6.29 Å². The number of halogens is 1. The lowest BCUT2D eigenvalue weighted by Crippen LogP contribution is -2.49. The standard InChI is InChI=1S/C17H19ClN2O5/c18-13-6-4-12(11-15(13)20(22)23)5-7-16(21)19-8-2-1-3-14(19)17-24-9-10-25-17/h4-7,11,14,17H,1-3,8-10H2/b7-5+. The molecular weight excluding hydrogens is 348 g/mol. The molecule has 0 N–H and O–H groups in total. The number of amides is 1. The first-order valence-corrected chi connectivity index (χ1v) is 8.60. The Balaban J connectivity index is 1.72. The van der Waals surface area contributed by atoms with E-state index in [2.05, 4.69) is 0 Å². The molecule has 25 heavy (non-hydrogen) atoms. The number of piperidine rings is 1. The molecule has 1 aromatic carbocycles. The predicted octanol–water partition coefficient (Wildman–Crippen LogP) is 3.02. The topological polar surface area (TPSA) is 81.9 Å². The van der Waals surface area contributed by atoms with Crippen LogP contribution in [0.1, 0.15) is 24.8 Å². The summed E-state index contributed by atoms with van der Waals surface area (Å²) >= 11 is 5.80. The van der Waals surface area contributed by atoms with E-state index in [9.17, 15) is 14.9 Å². The fourth-order valence-electron chi connectivity index (χ4n) is 3.15. The molecule has 2 aliphatic heterocycles. The zero-order valence-corrected chi connectivity index (χ0v) is 14.4. The van der Waals surface area contributed by atoms with E-state index in [1.807, 2.05) is 0 Å². The lowest BCUT2D eigenvalue weighted by atomic mass is 10.0. The van der Waals surface area contributed by atoms with E-state index in [1.165, 1.54) is 18.2 Å². The van der Waals surface area contributed by atoms with E-state index in [0.29, 0.717) is 25.3 Å².